The molecule has 0 atom stereocenters. The normalized spacial score (nSPS) is 10.5. The average Bonchev–Trinajstić information content (AvgIpc) is 2.76. The number of pyridine rings is 1. The van der Waals surface area contributed by atoms with Crippen molar-refractivity contribution >= 4 is 11.9 Å². The van der Waals surface area contributed by atoms with E-state index in [0.29, 0.717) is 24.7 Å². The molecule has 3 rings (SSSR count). The number of anilines is 1. The van der Waals surface area contributed by atoms with Crippen LogP contribution in [0.1, 0.15) is 28.5 Å². The molecule has 1 aromatic carbocycles. The summed E-state index contributed by atoms with van der Waals surface area (Å²) >= 11 is 0. The Hall–Kier alpha value is -3.28. The van der Waals surface area contributed by atoms with E-state index in [9.17, 15) is 4.79 Å². The van der Waals surface area contributed by atoms with Gasteiger partial charge in [-0.25, -0.2) is 9.97 Å². The Morgan fingerprint density at radius 3 is 2.43 bits per heavy atom. The number of likely N-dealkylation sites (N-methyl/N-ethyl adjacent to an activating group) is 1. The van der Waals surface area contributed by atoms with E-state index >= 15 is 0 Å². The quantitative estimate of drug-likeness (QED) is 0.605. The summed E-state index contributed by atoms with van der Waals surface area (Å²) in [5.41, 5.74) is 2.74. The highest BCUT2D eigenvalue weighted by molar-refractivity contribution is 5.92. The van der Waals surface area contributed by atoms with E-state index in [1.807, 2.05) is 30.3 Å². The van der Waals surface area contributed by atoms with Crippen LogP contribution in [-0.2, 0) is 13.0 Å². The molecule has 3 aromatic rings. The summed E-state index contributed by atoms with van der Waals surface area (Å²) in [4.78, 5) is 29.5. The van der Waals surface area contributed by atoms with Crippen LogP contribution >= 0.6 is 0 Å². The summed E-state index contributed by atoms with van der Waals surface area (Å²) in [6, 6.07) is 15.8. The summed E-state index contributed by atoms with van der Waals surface area (Å²) in [6.07, 6.45) is 5.96. The molecule has 0 unspecified atom stereocenters. The van der Waals surface area contributed by atoms with Gasteiger partial charge in [-0.15, -0.1) is 0 Å². The maximum atomic E-state index is 12.8. The third-order valence-corrected chi connectivity index (χ3v) is 4.57. The van der Waals surface area contributed by atoms with Crippen molar-refractivity contribution in [3.8, 4) is 0 Å². The fourth-order valence-corrected chi connectivity index (χ4v) is 2.89. The zero-order valence-corrected chi connectivity index (χ0v) is 16.3. The van der Waals surface area contributed by atoms with Crippen molar-refractivity contribution in [3.63, 3.8) is 0 Å². The van der Waals surface area contributed by atoms with Gasteiger partial charge in [-0.05, 0) is 42.7 Å². The number of hydrogen-bond donors (Lipinski definition) is 0. The van der Waals surface area contributed by atoms with E-state index in [1.54, 1.807) is 36.6 Å². The summed E-state index contributed by atoms with van der Waals surface area (Å²) in [6.45, 7) is 4.13. The number of hydrogen-bond acceptors (Lipinski definition) is 5. The van der Waals surface area contributed by atoms with Crippen LogP contribution in [0.4, 0.5) is 5.95 Å². The number of amides is 1. The number of carbonyl (C=O) groups is 1. The lowest BCUT2D eigenvalue weighted by molar-refractivity contribution is 0.0790. The predicted octanol–water partition coefficient (Wildman–Crippen LogP) is 3.21. The van der Waals surface area contributed by atoms with Gasteiger partial charge >= 0.3 is 0 Å². The molecular formula is C22H25N5O. The molecule has 2 aromatic heterocycles. The van der Waals surface area contributed by atoms with Crippen molar-refractivity contribution in [2.24, 2.45) is 0 Å². The Labute approximate surface area is 165 Å². The molecule has 0 bridgehead atoms. The molecule has 0 saturated carbocycles. The Kier molecular flexibility index (Phi) is 6.68. The molecule has 0 aliphatic rings. The van der Waals surface area contributed by atoms with Gasteiger partial charge in [0.15, 0.2) is 0 Å². The largest absolute Gasteiger partial charge is 0.340 e. The van der Waals surface area contributed by atoms with Crippen molar-refractivity contribution < 1.29 is 4.79 Å². The van der Waals surface area contributed by atoms with E-state index in [4.69, 9.17) is 0 Å². The highest BCUT2D eigenvalue weighted by Crippen LogP contribution is 2.13. The zero-order chi connectivity index (χ0) is 19.8. The van der Waals surface area contributed by atoms with Crippen LogP contribution in [0.25, 0.3) is 0 Å². The SMILES string of the molecule is CCN(Cc1ccccc1)c1nccc(C(=O)N(C)CCc2ccncc2)n1. The van der Waals surface area contributed by atoms with Crippen molar-refractivity contribution in [2.45, 2.75) is 19.9 Å². The minimum atomic E-state index is -0.103. The van der Waals surface area contributed by atoms with Gasteiger partial charge in [0, 0.05) is 45.3 Å². The van der Waals surface area contributed by atoms with Crippen molar-refractivity contribution in [1.29, 1.82) is 0 Å². The van der Waals surface area contributed by atoms with Crippen LogP contribution in [0.15, 0.2) is 67.1 Å². The topological polar surface area (TPSA) is 62.2 Å². The second-order valence-electron chi connectivity index (χ2n) is 6.57. The van der Waals surface area contributed by atoms with Gasteiger partial charge in [0.2, 0.25) is 5.95 Å². The van der Waals surface area contributed by atoms with Gasteiger partial charge in [-0.3, -0.25) is 9.78 Å². The van der Waals surface area contributed by atoms with Crippen molar-refractivity contribution in [3.05, 3.63) is 83.9 Å². The molecule has 0 spiro atoms. The molecule has 0 saturated heterocycles. The van der Waals surface area contributed by atoms with E-state index in [-0.39, 0.29) is 5.91 Å². The Morgan fingerprint density at radius 1 is 0.964 bits per heavy atom. The van der Waals surface area contributed by atoms with Crippen molar-refractivity contribution in [2.75, 3.05) is 25.0 Å². The van der Waals surface area contributed by atoms with Gasteiger partial charge in [0.25, 0.3) is 5.91 Å². The van der Waals surface area contributed by atoms with Crippen LogP contribution in [-0.4, -0.2) is 45.9 Å². The molecule has 0 radical (unpaired) electrons. The monoisotopic (exact) mass is 375 g/mol. The van der Waals surface area contributed by atoms with E-state index < -0.39 is 0 Å². The Bertz CT molecular complexity index is 886. The average molecular weight is 375 g/mol. The first-order chi connectivity index (χ1) is 13.7. The molecule has 0 aliphatic carbocycles. The third-order valence-electron chi connectivity index (χ3n) is 4.57. The molecule has 1 amide bonds. The smallest absolute Gasteiger partial charge is 0.272 e. The summed E-state index contributed by atoms with van der Waals surface area (Å²) in [5.74, 6) is 0.466. The number of carbonyl (C=O) groups excluding carboxylic acids is 1. The Balaban J connectivity index is 1.67. The molecule has 0 aliphatic heterocycles. The number of nitrogens with zero attached hydrogens (tertiary/aromatic N) is 5. The first-order valence-corrected chi connectivity index (χ1v) is 9.43. The van der Waals surface area contributed by atoms with Gasteiger partial charge in [0.1, 0.15) is 5.69 Å². The van der Waals surface area contributed by atoms with Gasteiger partial charge in [-0.2, -0.15) is 0 Å². The first-order valence-electron chi connectivity index (χ1n) is 9.43. The fourth-order valence-electron chi connectivity index (χ4n) is 2.89. The first kappa shape index (κ1) is 19.5. The highest BCUT2D eigenvalue weighted by Gasteiger charge is 2.16. The summed E-state index contributed by atoms with van der Waals surface area (Å²) < 4.78 is 0. The van der Waals surface area contributed by atoms with Crippen LogP contribution in [0.5, 0.6) is 0 Å². The van der Waals surface area contributed by atoms with Gasteiger partial charge in [0.05, 0.1) is 0 Å². The third kappa shape index (κ3) is 5.13. The number of aromatic nitrogens is 3. The molecule has 6 heteroatoms. The second-order valence-corrected chi connectivity index (χ2v) is 6.57. The van der Waals surface area contributed by atoms with Crippen LogP contribution in [0.2, 0.25) is 0 Å². The highest BCUT2D eigenvalue weighted by atomic mass is 16.2. The Morgan fingerprint density at radius 2 is 1.71 bits per heavy atom. The predicted molar refractivity (Wildman–Crippen MR) is 110 cm³/mol. The molecule has 0 N–H and O–H groups in total. The molecule has 6 nitrogen and oxygen atoms in total. The number of benzene rings is 1. The zero-order valence-electron chi connectivity index (χ0n) is 16.3. The van der Waals surface area contributed by atoms with E-state index in [2.05, 4.69) is 38.9 Å². The lowest BCUT2D eigenvalue weighted by atomic mass is 10.2. The fraction of sp³-hybridized carbons (Fsp3) is 0.273. The molecule has 2 heterocycles. The van der Waals surface area contributed by atoms with Crippen LogP contribution < -0.4 is 4.90 Å². The second kappa shape index (κ2) is 9.60. The lowest BCUT2D eigenvalue weighted by Gasteiger charge is -2.22. The maximum Gasteiger partial charge on any atom is 0.272 e. The van der Waals surface area contributed by atoms with E-state index in [1.165, 1.54) is 5.56 Å². The van der Waals surface area contributed by atoms with Crippen molar-refractivity contribution in [1.82, 2.24) is 19.9 Å². The molecule has 0 fully saturated rings. The standard InChI is InChI=1S/C22H25N5O/c1-3-27(17-19-7-5-4-6-8-19)22-24-15-11-20(25-22)21(28)26(2)16-12-18-9-13-23-14-10-18/h4-11,13-15H,3,12,16-17H2,1-2H3. The van der Waals surface area contributed by atoms with Crippen LogP contribution in [0, 0.1) is 0 Å². The van der Waals surface area contributed by atoms with Gasteiger partial charge < -0.3 is 9.80 Å². The molecule has 144 valence electrons. The minimum Gasteiger partial charge on any atom is -0.340 e. The number of rotatable bonds is 8. The summed E-state index contributed by atoms with van der Waals surface area (Å²) in [7, 11) is 1.80. The molecular weight excluding hydrogens is 350 g/mol. The maximum absolute atomic E-state index is 12.8. The molecule has 28 heavy (non-hydrogen) atoms. The van der Waals surface area contributed by atoms with E-state index in [0.717, 1.165) is 18.5 Å². The summed E-state index contributed by atoms with van der Waals surface area (Å²) in [5, 5.41) is 0. The minimum absolute atomic E-state index is 0.103. The van der Waals surface area contributed by atoms with Gasteiger partial charge in [-0.1, -0.05) is 30.3 Å². The lowest BCUT2D eigenvalue weighted by Crippen LogP contribution is -2.31. The van der Waals surface area contributed by atoms with Crippen LogP contribution in [0.3, 0.4) is 0 Å².